The van der Waals surface area contributed by atoms with Crippen LogP contribution >= 0.6 is 90.7 Å². The third-order valence-electron chi connectivity index (χ3n) is 23.5. The van der Waals surface area contributed by atoms with Crippen LogP contribution in [0.2, 0.25) is 0 Å². The summed E-state index contributed by atoms with van der Waals surface area (Å²) >= 11 is 15.6. The van der Waals surface area contributed by atoms with Gasteiger partial charge in [-0.1, -0.05) is 290 Å². The second-order valence-electron chi connectivity index (χ2n) is 32.5. The number of benzene rings is 8. The number of hydrogen-bond acceptors (Lipinski definition) is 12. The van der Waals surface area contributed by atoms with E-state index >= 15 is 0 Å². The smallest absolute Gasteiger partial charge is 0.101 e. The molecule has 0 saturated heterocycles. The lowest BCUT2D eigenvalue weighted by atomic mass is 9.91. The highest BCUT2D eigenvalue weighted by Crippen LogP contribution is 2.54. The number of rotatable bonds is 45. The molecule has 0 aliphatic rings. The van der Waals surface area contributed by atoms with E-state index in [-0.39, 0.29) is 0 Å². The number of fused-ring (bicyclic) bond motifs is 2. The molecule has 0 atom stereocenters. The molecule has 0 spiro atoms. The summed E-state index contributed by atoms with van der Waals surface area (Å²) in [6, 6.07) is 99.2. The Hall–Kier alpha value is -9.18. The van der Waals surface area contributed by atoms with E-state index in [1.54, 1.807) is 0 Å². The van der Waals surface area contributed by atoms with E-state index in [1.165, 1.54) is 278 Å². The molecule has 0 aliphatic carbocycles. The first-order valence-corrected chi connectivity index (χ1v) is 51.7. The fraction of sp³-hybridized carbons (Fsp3) is 0.291. The summed E-state index contributed by atoms with van der Waals surface area (Å²) in [5.41, 5.74) is 14.7. The number of aliphatic imine (C=N–C) groups is 2. The van der Waals surface area contributed by atoms with Gasteiger partial charge >= 0.3 is 0 Å². The van der Waals surface area contributed by atoms with E-state index in [1.807, 2.05) is 90.7 Å². The van der Waals surface area contributed by atoms with Crippen LogP contribution < -0.4 is 9.80 Å². The van der Waals surface area contributed by atoms with E-state index in [2.05, 4.69) is 317 Å². The lowest BCUT2D eigenvalue weighted by Gasteiger charge is -2.23. The highest BCUT2D eigenvalue weighted by molar-refractivity contribution is 7.30. The van der Waals surface area contributed by atoms with Crippen LogP contribution in [-0.2, 0) is 25.7 Å². The average molecular weight is 1750 g/mol. The molecule has 0 saturated carbocycles. The fourth-order valence-corrected chi connectivity index (χ4v) is 26.5. The molecule has 622 valence electrons. The van der Waals surface area contributed by atoms with Crippen LogP contribution in [0.15, 0.2) is 277 Å². The summed E-state index contributed by atoms with van der Waals surface area (Å²) in [5.74, 6) is 0. The largest absolute Gasteiger partial charge is 0.302 e. The Morgan fingerprint density at radius 3 is 0.820 bits per heavy atom. The van der Waals surface area contributed by atoms with Gasteiger partial charge in [0.05, 0.1) is 11.4 Å². The van der Waals surface area contributed by atoms with E-state index in [0.717, 1.165) is 68.7 Å². The van der Waals surface area contributed by atoms with Crippen LogP contribution in [0, 0.1) is 0 Å². The summed E-state index contributed by atoms with van der Waals surface area (Å²) in [4.78, 5) is 34.8. The number of unbranched alkanes of at least 4 members (excludes halogenated alkanes) is 20. The molecular weight excluding hydrogens is 1630 g/mol. The maximum absolute atomic E-state index is 5.59. The zero-order valence-corrected chi connectivity index (χ0v) is 77.9. The van der Waals surface area contributed by atoms with Crippen LogP contribution in [-0.4, -0.2) is 12.4 Å². The van der Waals surface area contributed by atoms with E-state index in [0.29, 0.717) is 0 Å². The summed E-state index contributed by atoms with van der Waals surface area (Å²) < 4.78 is 0. The minimum atomic E-state index is 0.930. The quantitative estimate of drug-likeness (QED) is 0.0281. The van der Waals surface area contributed by atoms with Crippen LogP contribution in [0.5, 0.6) is 0 Å². The highest BCUT2D eigenvalue weighted by atomic mass is 32.1. The molecule has 0 N–H and O–H groups in total. The van der Waals surface area contributed by atoms with Gasteiger partial charge in [0, 0.05) is 115 Å². The molecule has 8 aromatic heterocycles. The van der Waals surface area contributed by atoms with Gasteiger partial charge in [-0.3, -0.25) is 9.98 Å². The summed E-state index contributed by atoms with van der Waals surface area (Å²) in [5, 5.41) is 7.13. The minimum absolute atomic E-state index is 0.930. The van der Waals surface area contributed by atoms with Crippen molar-refractivity contribution in [2.45, 2.75) is 207 Å². The Kier molecular flexibility index (Phi) is 31.1. The first-order chi connectivity index (χ1) is 60.4. The predicted octanol–water partition coefficient (Wildman–Crippen LogP) is 38.2. The molecule has 0 bridgehead atoms. The molecular formula is C110H114N4S8. The molecule has 0 fully saturated rings. The van der Waals surface area contributed by atoms with Gasteiger partial charge in [0.2, 0.25) is 0 Å². The Morgan fingerprint density at radius 2 is 0.508 bits per heavy atom. The maximum atomic E-state index is 5.59. The third-order valence-corrected chi connectivity index (χ3v) is 33.5. The molecule has 4 nitrogen and oxygen atoms in total. The van der Waals surface area contributed by atoms with Crippen molar-refractivity contribution in [3.63, 3.8) is 0 Å². The number of anilines is 6. The van der Waals surface area contributed by atoms with Crippen molar-refractivity contribution >= 4 is 169 Å². The molecule has 12 heteroatoms. The zero-order valence-electron chi connectivity index (χ0n) is 71.4. The number of thiophene rings is 8. The van der Waals surface area contributed by atoms with Crippen molar-refractivity contribution in [3.8, 4) is 69.7 Å². The Morgan fingerprint density at radius 1 is 0.238 bits per heavy atom. The Balaban J connectivity index is 0.708. The van der Waals surface area contributed by atoms with Crippen molar-refractivity contribution in [3.05, 3.63) is 299 Å². The highest BCUT2D eigenvalue weighted by Gasteiger charge is 2.26. The number of nitrogens with zero attached hydrogens (tertiary/aromatic N) is 4. The molecule has 0 amide bonds. The van der Waals surface area contributed by atoms with Crippen molar-refractivity contribution in [2.24, 2.45) is 9.98 Å². The molecule has 16 rings (SSSR count). The first kappa shape index (κ1) is 86.3. The number of para-hydroxylation sites is 4. The van der Waals surface area contributed by atoms with Gasteiger partial charge in [0.25, 0.3) is 0 Å². The second-order valence-corrected chi connectivity index (χ2v) is 41.1. The monoisotopic (exact) mass is 1750 g/mol. The second kappa shape index (κ2) is 43.9. The van der Waals surface area contributed by atoms with Crippen LogP contribution in [0.25, 0.3) is 91.2 Å². The molecule has 0 unspecified atom stereocenters. The normalized spacial score (nSPS) is 11.8. The van der Waals surface area contributed by atoms with Crippen LogP contribution in [0.3, 0.4) is 0 Å². The van der Waals surface area contributed by atoms with Gasteiger partial charge in [-0.2, -0.15) is 0 Å². The lowest BCUT2D eigenvalue weighted by Crippen LogP contribution is -2.07. The minimum Gasteiger partial charge on any atom is -0.302 e. The van der Waals surface area contributed by atoms with Gasteiger partial charge in [-0.15, -0.1) is 90.7 Å². The molecule has 0 aliphatic heterocycles. The van der Waals surface area contributed by atoms with Gasteiger partial charge in [-0.05, 0) is 229 Å². The van der Waals surface area contributed by atoms with Gasteiger partial charge in [0.1, 0.15) is 10.0 Å². The van der Waals surface area contributed by atoms with Gasteiger partial charge < -0.3 is 9.80 Å². The van der Waals surface area contributed by atoms with Crippen molar-refractivity contribution in [1.82, 2.24) is 0 Å². The molecule has 16 aromatic rings. The lowest BCUT2D eigenvalue weighted by molar-refractivity contribution is 0.608. The molecule has 122 heavy (non-hydrogen) atoms. The Bertz CT molecular complexity index is 5570. The van der Waals surface area contributed by atoms with Gasteiger partial charge in [0.15, 0.2) is 0 Å². The standard InChI is InChI=1S/C110H114N4S8/c1-5-9-13-17-21-29-47-81-73-99(101-75-83(49-31-23-19-15-11-7-3)109(121-101)97-69-71-103(117-97)113(85-51-33-25-34-52-85)86-53-35-26-36-54-86)119-107(81)95-67-63-89(115-95)77-111-93-65-61-79-45-41-43-59-91(79)105(93)106-92-60-44-42-46-80(92)62-66-94(106)112-78-90-64-68-96(116-90)108-82(48-30-22-18-14-10-6-2)74-100(120-108)102-76-84(50-32-24-20-16-12-8-4)110(122-102)98-70-72-104(118-98)114(87-55-37-27-38-56-87)88-57-39-28-40-58-88/h25-28,33-46,51-78H,5-24,29-32,47-50H2,1-4H3. The first-order valence-electron chi connectivity index (χ1n) is 45.2. The molecule has 8 heterocycles. The van der Waals surface area contributed by atoms with E-state index < -0.39 is 0 Å². The van der Waals surface area contributed by atoms with Crippen LogP contribution in [0.1, 0.15) is 214 Å². The van der Waals surface area contributed by atoms with Gasteiger partial charge in [-0.25, -0.2) is 0 Å². The van der Waals surface area contributed by atoms with E-state index in [9.17, 15) is 0 Å². The van der Waals surface area contributed by atoms with Crippen molar-refractivity contribution < 1.29 is 0 Å². The number of hydrogen-bond donors (Lipinski definition) is 0. The van der Waals surface area contributed by atoms with Crippen molar-refractivity contribution in [1.29, 1.82) is 0 Å². The van der Waals surface area contributed by atoms with Crippen molar-refractivity contribution in [2.75, 3.05) is 9.80 Å². The summed E-state index contributed by atoms with van der Waals surface area (Å²) in [6.07, 6.45) is 39.3. The predicted molar refractivity (Wildman–Crippen MR) is 548 cm³/mol. The maximum Gasteiger partial charge on any atom is 0.101 e. The summed E-state index contributed by atoms with van der Waals surface area (Å²) in [7, 11) is 0. The summed E-state index contributed by atoms with van der Waals surface area (Å²) in [6.45, 7) is 9.27. The average Bonchev–Trinajstić information content (AvgIpc) is 1.26. The Labute approximate surface area is 757 Å². The van der Waals surface area contributed by atoms with E-state index in [4.69, 9.17) is 9.98 Å². The van der Waals surface area contributed by atoms with Crippen LogP contribution in [0.4, 0.5) is 44.1 Å². The third kappa shape index (κ3) is 21.6. The molecule has 0 radical (unpaired) electrons. The topological polar surface area (TPSA) is 31.2 Å². The SMILES string of the molecule is CCCCCCCCc1cc(-c2cc(CCCCCCCC)c(-c3ccc(N(c4ccccc4)c4ccccc4)s3)s2)sc1-c1ccc(C=Nc2ccc3ccccc3c2-c2c(N=Cc3ccc(-c4sc(-c5cc(CCCCCCCC)c(-c6ccc(N(c7ccccc7)c7ccccc7)s6)s5)cc4CCCCCCCC)s3)ccc3ccccc23)s1. The number of aryl methyl sites for hydroxylation is 4. The zero-order chi connectivity index (χ0) is 83.0. The fourth-order valence-electron chi connectivity index (χ4n) is 17.0. The molecule has 8 aromatic carbocycles.